The maximum absolute atomic E-state index is 14.5. The predicted molar refractivity (Wildman–Crippen MR) is 105 cm³/mol. The van der Waals surface area contributed by atoms with Crippen molar-refractivity contribution in [2.75, 3.05) is 27.4 Å². The fraction of sp³-hybridized carbons (Fsp3) is 0.182. The molecule has 0 fully saturated rings. The van der Waals surface area contributed by atoms with Crippen molar-refractivity contribution in [1.82, 2.24) is 0 Å². The molecular formula is C22H20F2O6. The van der Waals surface area contributed by atoms with Crippen LogP contribution < -0.4 is 9.47 Å². The van der Waals surface area contributed by atoms with Crippen LogP contribution in [0, 0.1) is 11.6 Å². The molecule has 0 aromatic heterocycles. The Hall–Kier alpha value is -3.36. The Bertz CT molecular complexity index is 904. The lowest BCUT2D eigenvalue weighted by molar-refractivity contribution is -0.131. The number of carbonyl (C=O) groups excluding carboxylic acids is 2. The number of hydrogen-bond donors (Lipinski definition) is 0. The molecule has 0 saturated carbocycles. The second-order valence-corrected chi connectivity index (χ2v) is 6.14. The number of carbonyl (C=O) groups is 2. The van der Waals surface area contributed by atoms with E-state index in [1.807, 2.05) is 0 Å². The third-order valence-corrected chi connectivity index (χ3v) is 3.81. The zero-order chi connectivity index (χ0) is 22.3. The van der Waals surface area contributed by atoms with Crippen molar-refractivity contribution in [1.29, 1.82) is 0 Å². The van der Waals surface area contributed by atoms with Crippen LogP contribution in [0.25, 0.3) is 11.1 Å². The van der Waals surface area contributed by atoms with Crippen molar-refractivity contribution >= 4 is 11.9 Å². The molecule has 0 aliphatic carbocycles. The molecule has 2 rings (SSSR count). The van der Waals surface area contributed by atoms with Gasteiger partial charge in [-0.05, 0) is 24.3 Å². The highest BCUT2D eigenvalue weighted by Gasteiger charge is 2.16. The second kappa shape index (κ2) is 10.4. The van der Waals surface area contributed by atoms with Crippen LogP contribution in [0.3, 0.4) is 0 Å². The number of halogens is 2. The molecule has 0 atom stereocenters. The van der Waals surface area contributed by atoms with Crippen LogP contribution in [-0.4, -0.2) is 39.4 Å². The molecule has 30 heavy (non-hydrogen) atoms. The van der Waals surface area contributed by atoms with Gasteiger partial charge in [0.15, 0.2) is 0 Å². The van der Waals surface area contributed by atoms with Crippen LogP contribution in [0.1, 0.15) is 0 Å². The van der Waals surface area contributed by atoms with Crippen LogP contribution in [0.5, 0.6) is 11.5 Å². The Kier molecular flexibility index (Phi) is 7.97. The van der Waals surface area contributed by atoms with E-state index in [9.17, 15) is 18.4 Å². The number of hydrogen-bond acceptors (Lipinski definition) is 6. The van der Waals surface area contributed by atoms with Gasteiger partial charge in [-0.1, -0.05) is 13.2 Å². The van der Waals surface area contributed by atoms with Gasteiger partial charge in [0.1, 0.15) is 23.1 Å². The van der Waals surface area contributed by atoms with Crippen LogP contribution >= 0.6 is 0 Å². The van der Waals surface area contributed by atoms with Gasteiger partial charge in [-0.3, -0.25) is 0 Å². The van der Waals surface area contributed by atoms with Gasteiger partial charge in [0.05, 0.1) is 24.4 Å². The fourth-order valence-electron chi connectivity index (χ4n) is 2.38. The summed E-state index contributed by atoms with van der Waals surface area (Å²) in [6.07, 6.45) is 0. The molecule has 6 nitrogen and oxygen atoms in total. The Morgan fingerprint density at radius 3 is 1.43 bits per heavy atom. The van der Waals surface area contributed by atoms with Crippen molar-refractivity contribution < 1.29 is 37.3 Å². The molecule has 0 bridgehead atoms. The van der Waals surface area contributed by atoms with E-state index in [2.05, 4.69) is 13.2 Å². The average Bonchev–Trinajstić information content (AvgIpc) is 2.69. The number of methoxy groups -OCH3 is 2. The maximum Gasteiger partial charge on any atom is 0.341 e. The largest absolute Gasteiger partial charge is 0.423 e. The molecule has 158 valence electrons. The number of rotatable bonds is 9. The van der Waals surface area contributed by atoms with E-state index in [-0.39, 0.29) is 47.0 Å². The highest BCUT2D eigenvalue weighted by molar-refractivity contribution is 5.90. The Balaban J connectivity index is 2.17. The van der Waals surface area contributed by atoms with E-state index in [1.165, 1.54) is 38.5 Å². The first-order valence-electron chi connectivity index (χ1n) is 8.64. The summed E-state index contributed by atoms with van der Waals surface area (Å²) in [6, 6.07) is 7.07. The first-order chi connectivity index (χ1) is 14.3. The summed E-state index contributed by atoms with van der Waals surface area (Å²) in [5, 5.41) is 0. The molecule has 0 unspecified atom stereocenters. The van der Waals surface area contributed by atoms with E-state index in [0.29, 0.717) is 0 Å². The smallest absolute Gasteiger partial charge is 0.341 e. The minimum Gasteiger partial charge on any atom is -0.423 e. The van der Waals surface area contributed by atoms with Gasteiger partial charge in [0.2, 0.25) is 0 Å². The van der Waals surface area contributed by atoms with Crippen LogP contribution in [-0.2, 0) is 19.1 Å². The monoisotopic (exact) mass is 418 g/mol. The SMILES string of the molecule is C=C(COC)C(=O)Oc1ccc(-c2ccc(OC(=O)C(=C)COC)cc2F)c(F)c1. The number of ether oxygens (including phenoxy) is 4. The average molecular weight is 418 g/mol. The Morgan fingerprint density at radius 1 is 0.767 bits per heavy atom. The lowest BCUT2D eigenvalue weighted by atomic mass is 10.0. The molecule has 2 aromatic carbocycles. The van der Waals surface area contributed by atoms with E-state index >= 15 is 0 Å². The third-order valence-electron chi connectivity index (χ3n) is 3.81. The van der Waals surface area contributed by atoms with Gasteiger partial charge in [-0.2, -0.15) is 0 Å². The lowest BCUT2D eigenvalue weighted by Gasteiger charge is -2.11. The Labute approximate surface area is 172 Å². The van der Waals surface area contributed by atoms with Crippen LogP contribution in [0.2, 0.25) is 0 Å². The van der Waals surface area contributed by atoms with E-state index in [0.717, 1.165) is 12.1 Å². The van der Waals surface area contributed by atoms with E-state index < -0.39 is 23.6 Å². The van der Waals surface area contributed by atoms with Gasteiger partial charge < -0.3 is 18.9 Å². The maximum atomic E-state index is 14.5. The third kappa shape index (κ3) is 5.82. The lowest BCUT2D eigenvalue weighted by Crippen LogP contribution is -2.14. The van der Waals surface area contributed by atoms with Crippen molar-refractivity contribution in [3.63, 3.8) is 0 Å². The van der Waals surface area contributed by atoms with Gasteiger partial charge in [-0.25, -0.2) is 18.4 Å². The first kappa shape index (κ1) is 22.9. The van der Waals surface area contributed by atoms with Crippen LogP contribution in [0.15, 0.2) is 60.7 Å². The topological polar surface area (TPSA) is 71.1 Å². The van der Waals surface area contributed by atoms with Crippen molar-refractivity contribution in [2.45, 2.75) is 0 Å². The van der Waals surface area contributed by atoms with Crippen molar-refractivity contribution in [2.24, 2.45) is 0 Å². The number of esters is 2. The van der Waals surface area contributed by atoms with Crippen molar-refractivity contribution in [3.05, 3.63) is 72.3 Å². The normalized spacial score (nSPS) is 10.4. The van der Waals surface area contributed by atoms with Crippen molar-refractivity contribution in [3.8, 4) is 22.6 Å². The summed E-state index contributed by atoms with van der Waals surface area (Å²) in [6.45, 7) is 6.94. The minimum atomic E-state index is -0.810. The van der Waals surface area contributed by atoms with Gasteiger partial charge in [0.25, 0.3) is 0 Å². The van der Waals surface area contributed by atoms with Crippen LogP contribution in [0.4, 0.5) is 8.78 Å². The molecule has 0 N–H and O–H groups in total. The molecule has 0 amide bonds. The molecule has 0 aliphatic heterocycles. The summed E-state index contributed by atoms with van der Waals surface area (Å²) in [5.41, 5.74) is -0.00735. The zero-order valence-electron chi connectivity index (χ0n) is 16.5. The molecule has 0 saturated heterocycles. The number of benzene rings is 2. The molecule has 2 aromatic rings. The van der Waals surface area contributed by atoms with Gasteiger partial charge in [-0.15, -0.1) is 0 Å². The van der Waals surface area contributed by atoms with E-state index in [1.54, 1.807) is 0 Å². The molecule has 0 heterocycles. The minimum absolute atomic E-state index is 0.0274. The second-order valence-electron chi connectivity index (χ2n) is 6.14. The summed E-state index contributed by atoms with van der Waals surface area (Å²) in [4.78, 5) is 23.6. The summed E-state index contributed by atoms with van der Waals surface area (Å²) in [7, 11) is 2.78. The molecule has 0 spiro atoms. The van der Waals surface area contributed by atoms with Gasteiger partial charge in [0, 0.05) is 37.5 Å². The summed E-state index contributed by atoms with van der Waals surface area (Å²) >= 11 is 0. The fourth-order valence-corrected chi connectivity index (χ4v) is 2.38. The van der Waals surface area contributed by atoms with E-state index in [4.69, 9.17) is 18.9 Å². The molecular weight excluding hydrogens is 398 g/mol. The zero-order valence-corrected chi connectivity index (χ0v) is 16.5. The molecule has 0 aliphatic rings. The molecule has 8 heteroatoms. The van der Waals surface area contributed by atoms with Gasteiger partial charge >= 0.3 is 11.9 Å². The highest BCUT2D eigenvalue weighted by atomic mass is 19.1. The highest BCUT2D eigenvalue weighted by Crippen LogP contribution is 2.30. The first-order valence-corrected chi connectivity index (χ1v) is 8.64. The summed E-state index contributed by atoms with van der Waals surface area (Å²) < 4.78 is 48.6. The standard InChI is InChI=1S/C22H20F2O6/c1-13(11-27-3)21(25)29-15-5-7-17(19(23)9-15)18-8-6-16(10-20(18)24)30-22(26)14(2)12-28-4/h5-10H,1-2,11-12H2,3-4H3. The predicted octanol–water partition coefficient (Wildman–Crippen LogP) is 3.85. The Morgan fingerprint density at radius 2 is 1.13 bits per heavy atom. The summed E-state index contributed by atoms with van der Waals surface area (Å²) in [5.74, 6) is -3.29. The molecule has 0 radical (unpaired) electrons. The quantitative estimate of drug-likeness (QED) is 0.350.